The number of nitrogens with zero attached hydrogens (tertiary/aromatic N) is 4. The summed E-state index contributed by atoms with van der Waals surface area (Å²) in [6.45, 7) is 2.41. The van der Waals surface area contributed by atoms with Crippen LogP contribution >= 0.6 is 11.3 Å². The molecular formula is C26H30N4O4S. The second kappa shape index (κ2) is 9.73. The number of anilines is 1. The van der Waals surface area contributed by atoms with Gasteiger partial charge in [0.25, 0.3) is 5.56 Å². The normalized spacial score (nSPS) is 16.1. The smallest absolute Gasteiger partial charge is 0.263 e. The second-order valence-electron chi connectivity index (χ2n) is 8.93. The Morgan fingerprint density at radius 2 is 1.80 bits per heavy atom. The molecule has 184 valence electrons. The number of carbonyl (C=O) groups is 1. The lowest BCUT2D eigenvalue weighted by Gasteiger charge is -2.35. The first kappa shape index (κ1) is 23.4. The highest BCUT2D eigenvalue weighted by atomic mass is 32.1. The molecule has 0 unspecified atom stereocenters. The zero-order valence-corrected chi connectivity index (χ0v) is 21.2. The van der Waals surface area contributed by atoms with Crippen LogP contribution in [0.1, 0.15) is 28.8 Å². The van der Waals surface area contributed by atoms with Crippen molar-refractivity contribution in [3.05, 3.63) is 50.6 Å². The first-order valence-electron chi connectivity index (χ1n) is 12.0. The minimum Gasteiger partial charge on any atom is -0.493 e. The van der Waals surface area contributed by atoms with Crippen molar-refractivity contribution >= 4 is 39.5 Å². The van der Waals surface area contributed by atoms with Gasteiger partial charge in [0, 0.05) is 44.2 Å². The molecule has 1 fully saturated rings. The number of hydrogen-bond donors (Lipinski definition) is 0. The number of amides is 1. The molecule has 0 bridgehead atoms. The number of benzene rings is 1. The Kier molecular flexibility index (Phi) is 6.51. The topological polar surface area (TPSA) is 76.9 Å². The lowest BCUT2D eigenvalue weighted by Crippen LogP contribution is -2.49. The van der Waals surface area contributed by atoms with E-state index in [4.69, 9.17) is 14.5 Å². The van der Waals surface area contributed by atoms with Crippen molar-refractivity contribution < 1.29 is 14.3 Å². The summed E-state index contributed by atoms with van der Waals surface area (Å²) in [5.74, 6) is 1.92. The van der Waals surface area contributed by atoms with Gasteiger partial charge in [-0.1, -0.05) is 6.07 Å². The molecule has 1 aliphatic carbocycles. The van der Waals surface area contributed by atoms with Gasteiger partial charge in [-0.25, -0.2) is 4.98 Å². The number of rotatable bonds is 5. The molecule has 5 rings (SSSR count). The van der Waals surface area contributed by atoms with Gasteiger partial charge in [-0.05, 0) is 55.0 Å². The van der Waals surface area contributed by atoms with Crippen LogP contribution in [0.5, 0.6) is 11.5 Å². The van der Waals surface area contributed by atoms with Gasteiger partial charge in [0.05, 0.1) is 19.6 Å². The maximum Gasteiger partial charge on any atom is 0.263 e. The molecule has 0 atom stereocenters. The van der Waals surface area contributed by atoms with Crippen LogP contribution < -0.4 is 19.9 Å². The molecular weight excluding hydrogens is 464 g/mol. The molecule has 3 aromatic rings. The van der Waals surface area contributed by atoms with Crippen LogP contribution in [0.4, 0.5) is 5.95 Å². The number of piperazine rings is 1. The van der Waals surface area contributed by atoms with E-state index in [0.717, 1.165) is 35.0 Å². The van der Waals surface area contributed by atoms with Crippen molar-refractivity contribution in [1.82, 2.24) is 14.5 Å². The molecule has 1 amide bonds. The highest BCUT2D eigenvalue weighted by molar-refractivity contribution is 7.18. The largest absolute Gasteiger partial charge is 0.493 e. The Hall–Kier alpha value is -3.33. The first-order valence-corrected chi connectivity index (χ1v) is 12.8. The molecule has 0 N–H and O–H groups in total. The van der Waals surface area contributed by atoms with E-state index >= 15 is 0 Å². The number of aromatic nitrogens is 2. The van der Waals surface area contributed by atoms with Crippen LogP contribution in [0.25, 0.3) is 16.3 Å². The van der Waals surface area contributed by atoms with Crippen LogP contribution in [0.3, 0.4) is 0 Å². The van der Waals surface area contributed by atoms with Crippen LogP contribution in [0.15, 0.2) is 29.1 Å². The Morgan fingerprint density at radius 1 is 1.06 bits per heavy atom. The number of hydrogen-bond acceptors (Lipinski definition) is 7. The van der Waals surface area contributed by atoms with E-state index in [1.54, 1.807) is 49.3 Å². The summed E-state index contributed by atoms with van der Waals surface area (Å²) in [5.41, 5.74) is 2.12. The van der Waals surface area contributed by atoms with Gasteiger partial charge < -0.3 is 19.3 Å². The molecule has 35 heavy (non-hydrogen) atoms. The van der Waals surface area contributed by atoms with E-state index in [-0.39, 0.29) is 11.5 Å². The van der Waals surface area contributed by atoms with Crippen LogP contribution in [-0.2, 0) is 24.7 Å². The van der Waals surface area contributed by atoms with E-state index in [0.29, 0.717) is 43.6 Å². The molecule has 0 spiro atoms. The van der Waals surface area contributed by atoms with Crippen molar-refractivity contribution in [2.45, 2.75) is 25.7 Å². The van der Waals surface area contributed by atoms with E-state index in [9.17, 15) is 9.59 Å². The van der Waals surface area contributed by atoms with Crippen molar-refractivity contribution in [3.63, 3.8) is 0 Å². The highest BCUT2D eigenvalue weighted by Gasteiger charge is 2.26. The number of fused-ring (bicyclic) bond motifs is 3. The van der Waals surface area contributed by atoms with E-state index in [1.165, 1.54) is 16.9 Å². The third-order valence-electron chi connectivity index (χ3n) is 6.87. The Bertz CT molecular complexity index is 1350. The van der Waals surface area contributed by atoms with Crippen LogP contribution in [-0.4, -0.2) is 60.8 Å². The fourth-order valence-electron chi connectivity index (χ4n) is 4.91. The number of methoxy groups -OCH3 is 2. The van der Waals surface area contributed by atoms with Gasteiger partial charge >= 0.3 is 0 Å². The van der Waals surface area contributed by atoms with Gasteiger partial charge in [0.1, 0.15) is 4.83 Å². The molecule has 1 aliphatic heterocycles. The predicted octanol–water partition coefficient (Wildman–Crippen LogP) is 3.25. The zero-order valence-electron chi connectivity index (χ0n) is 20.4. The summed E-state index contributed by atoms with van der Waals surface area (Å²) in [7, 11) is 4.99. The SMILES string of the molecule is COc1ccc(C=CC(=O)N2CCN(c3nc4sc5c(c4c(=O)n3C)CCCC5)CC2)cc1OC. The fraction of sp³-hybridized carbons (Fsp3) is 0.423. The summed E-state index contributed by atoms with van der Waals surface area (Å²) in [5, 5.41) is 0.810. The number of thiophene rings is 1. The average molecular weight is 495 g/mol. The van der Waals surface area contributed by atoms with Gasteiger partial charge in [-0.15, -0.1) is 11.3 Å². The first-order chi connectivity index (χ1) is 17.0. The standard InChI is InChI=1S/C26H30N4O4S/c1-28-25(32)23-18-6-4-5-7-21(18)35-24(23)27-26(28)30-14-12-29(13-15-30)22(31)11-9-17-8-10-19(33-2)20(16-17)34-3/h8-11,16H,4-7,12-15H2,1-3H3. The van der Waals surface area contributed by atoms with Gasteiger partial charge in [0.2, 0.25) is 11.9 Å². The summed E-state index contributed by atoms with van der Waals surface area (Å²) in [4.78, 5) is 37.0. The van der Waals surface area contributed by atoms with E-state index in [1.807, 2.05) is 23.1 Å². The molecule has 2 aliphatic rings. The third-order valence-corrected chi connectivity index (χ3v) is 8.06. The quantitative estimate of drug-likeness (QED) is 0.507. The molecule has 2 aromatic heterocycles. The summed E-state index contributed by atoms with van der Waals surface area (Å²) in [6, 6.07) is 5.54. The highest BCUT2D eigenvalue weighted by Crippen LogP contribution is 2.34. The van der Waals surface area contributed by atoms with E-state index < -0.39 is 0 Å². The third kappa shape index (κ3) is 4.40. The number of aryl methyl sites for hydroxylation is 2. The van der Waals surface area contributed by atoms with Crippen molar-refractivity contribution in [3.8, 4) is 11.5 Å². The Labute approximate surface area is 208 Å². The average Bonchev–Trinajstić information content (AvgIpc) is 3.27. The van der Waals surface area contributed by atoms with Crippen LogP contribution in [0, 0.1) is 0 Å². The summed E-state index contributed by atoms with van der Waals surface area (Å²) >= 11 is 1.67. The van der Waals surface area contributed by atoms with Crippen LogP contribution in [0.2, 0.25) is 0 Å². The lowest BCUT2D eigenvalue weighted by molar-refractivity contribution is -0.126. The molecule has 9 heteroatoms. The monoisotopic (exact) mass is 494 g/mol. The van der Waals surface area contributed by atoms with Crippen molar-refractivity contribution in [2.75, 3.05) is 45.3 Å². The summed E-state index contributed by atoms with van der Waals surface area (Å²) < 4.78 is 12.3. The molecule has 3 heterocycles. The maximum absolute atomic E-state index is 13.2. The minimum absolute atomic E-state index is 0.0392. The molecule has 1 aromatic carbocycles. The lowest BCUT2D eigenvalue weighted by atomic mass is 9.97. The minimum atomic E-state index is -0.0392. The van der Waals surface area contributed by atoms with Gasteiger partial charge in [0.15, 0.2) is 11.5 Å². The number of carbonyl (C=O) groups excluding carboxylic acids is 1. The fourth-order valence-corrected chi connectivity index (χ4v) is 6.16. The van der Waals surface area contributed by atoms with Crippen molar-refractivity contribution in [1.29, 1.82) is 0 Å². The zero-order chi connectivity index (χ0) is 24.5. The van der Waals surface area contributed by atoms with E-state index in [2.05, 4.69) is 4.90 Å². The molecule has 8 nitrogen and oxygen atoms in total. The van der Waals surface area contributed by atoms with Gasteiger partial charge in [-0.2, -0.15) is 0 Å². The molecule has 0 radical (unpaired) electrons. The molecule has 1 saturated heterocycles. The maximum atomic E-state index is 13.2. The predicted molar refractivity (Wildman–Crippen MR) is 139 cm³/mol. The number of ether oxygens (including phenoxy) is 2. The Morgan fingerprint density at radius 3 is 2.54 bits per heavy atom. The van der Waals surface area contributed by atoms with Crippen molar-refractivity contribution in [2.24, 2.45) is 7.05 Å². The van der Waals surface area contributed by atoms with Gasteiger partial charge in [-0.3, -0.25) is 14.2 Å². The molecule has 0 saturated carbocycles. The Balaban J connectivity index is 1.28. The summed E-state index contributed by atoms with van der Waals surface area (Å²) in [6.07, 6.45) is 7.72. The second-order valence-corrected chi connectivity index (χ2v) is 10.0.